The minimum atomic E-state index is -4.51. The molecule has 0 fully saturated rings. The summed E-state index contributed by atoms with van der Waals surface area (Å²) in [5.74, 6) is 2.44. The number of aryl methyl sites for hydroxylation is 1. The van der Waals surface area contributed by atoms with Crippen LogP contribution in [0.2, 0.25) is 0 Å². The van der Waals surface area contributed by atoms with Crippen molar-refractivity contribution in [3.05, 3.63) is 71.8 Å². The highest BCUT2D eigenvalue weighted by Gasteiger charge is 2.31. The van der Waals surface area contributed by atoms with Crippen LogP contribution in [0.1, 0.15) is 29.9 Å². The van der Waals surface area contributed by atoms with Gasteiger partial charge in [0, 0.05) is 23.3 Å². The standard InChI is InChI=1S/C26H26F3N5O3/c1-15(17-9-18(26(27,28)29)11-19(30)10-17)32-25-21-12-24(23(35-3)13-22(21)33-16(2)34-25)37-8-7-36-20-5-4-6-31-14-20/h4-6,9-15H,7-8,30H2,1-3H3,(H,32,33,34)/t15-/m1/s1. The van der Waals surface area contributed by atoms with Crippen LogP contribution >= 0.6 is 0 Å². The minimum absolute atomic E-state index is 0.0242. The largest absolute Gasteiger partial charge is 0.493 e. The molecule has 0 aliphatic heterocycles. The molecule has 0 unspecified atom stereocenters. The molecule has 0 aliphatic rings. The Morgan fingerprint density at radius 1 is 1.03 bits per heavy atom. The molecule has 194 valence electrons. The zero-order valence-corrected chi connectivity index (χ0v) is 20.5. The maximum absolute atomic E-state index is 13.3. The van der Waals surface area contributed by atoms with Gasteiger partial charge < -0.3 is 25.3 Å². The van der Waals surface area contributed by atoms with Crippen molar-refractivity contribution in [1.29, 1.82) is 0 Å². The van der Waals surface area contributed by atoms with Crippen LogP contribution < -0.4 is 25.3 Å². The highest BCUT2D eigenvalue weighted by Crippen LogP contribution is 2.37. The Kier molecular flexibility index (Phi) is 7.51. The van der Waals surface area contributed by atoms with Gasteiger partial charge in [-0.2, -0.15) is 13.2 Å². The molecular formula is C26H26F3N5O3. The molecule has 4 rings (SSSR count). The van der Waals surface area contributed by atoms with Crippen LogP contribution in [0.15, 0.2) is 54.9 Å². The Hall–Kier alpha value is -4.28. The van der Waals surface area contributed by atoms with Crippen LogP contribution in [-0.4, -0.2) is 35.3 Å². The number of pyridine rings is 1. The van der Waals surface area contributed by atoms with Crippen LogP contribution in [0.3, 0.4) is 0 Å². The second kappa shape index (κ2) is 10.8. The fraction of sp³-hybridized carbons (Fsp3) is 0.269. The first-order valence-corrected chi connectivity index (χ1v) is 11.4. The van der Waals surface area contributed by atoms with Crippen molar-refractivity contribution < 1.29 is 27.4 Å². The van der Waals surface area contributed by atoms with Crippen molar-refractivity contribution in [2.45, 2.75) is 26.1 Å². The van der Waals surface area contributed by atoms with Crippen molar-refractivity contribution >= 4 is 22.4 Å². The number of methoxy groups -OCH3 is 1. The first-order valence-electron chi connectivity index (χ1n) is 11.4. The Balaban J connectivity index is 1.59. The van der Waals surface area contributed by atoms with Crippen LogP contribution in [0.25, 0.3) is 10.9 Å². The molecule has 0 radical (unpaired) electrons. The number of nitrogen functional groups attached to an aromatic ring is 1. The molecule has 11 heteroatoms. The van der Waals surface area contributed by atoms with Crippen LogP contribution in [0.4, 0.5) is 24.7 Å². The summed E-state index contributed by atoms with van der Waals surface area (Å²) in [7, 11) is 1.52. The van der Waals surface area contributed by atoms with Crippen LogP contribution in [0, 0.1) is 6.92 Å². The van der Waals surface area contributed by atoms with Gasteiger partial charge in [0.2, 0.25) is 0 Å². The number of aromatic nitrogens is 3. The van der Waals surface area contributed by atoms with Gasteiger partial charge in [0.25, 0.3) is 0 Å². The van der Waals surface area contributed by atoms with Gasteiger partial charge in [-0.3, -0.25) is 4.98 Å². The van der Waals surface area contributed by atoms with Gasteiger partial charge in [0.15, 0.2) is 11.5 Å². The van der Waals surface area contributed by atoms with E-state index in [2.05, 4.69) is 20.3 Å². The van der Waals surface area contributed by atoms with Gasteiger partial charge in [-0.1, -0.05) is 0 Å². The Labute approximate surface area is 211 Å². The molecule has 2 aromatic heterocycles. The number of alkyl halides is 3. The highest BCUT2D eigenvalue weighted by molar-refractivity contribution is 5.92. The molecule has 0 aliphatic carbocycles. The molecule has 0 spiro atoms. The number of fused-ring (bicyclic) bond motifs is 1. The Morgan fingerprint density at radius 2 is 1.81 bits per heavy atom. The number of hydrogen-bond donors (Lipinski definition) is 2. The van der Waals surface area contributed by atoms with Crippen molar-refractivity contribution in [2.75, 3.05) is 31.4 Å². The summed E-state index contributed by atoms with van der Waals surface area (Å²) in [5.41, 5.74) is 5.92. The second-order valence-electron chi connectivity index (χ2n) is 8.28. The van der Waals surface area contributed by atoms with Gasteiger partial charge >= 0.3 is 6.18 Å². The number of anilines is 2. The molecule has 0 amide bonds. The predicted octanol–water partition coefficient (Wildman–Crippen LogP) is 5.57. The van der Waals surface area contributed by atoms with Gasteiger partial charge in [-0.15, -0.1) is 0 Å². The lowest BCUT2D eigenvalue weighted by Crippen LogP contribution is -2.13. The summed E-state index contributed by atoms with van der Waals surface area (Å²) in [5, 5.41) is 3.81. The van der Waals surface area contributed by atoms with Gasteiger partial charge in [0.1, 0.15) is 30.6 Å². The van der Waals surface area contributed by atoms with E-state index >= 15 is 0 Å². The van der Waals surface area contributed by atoms with E-state index in [1.165, 1.54) is 13.2 Å². The summed E-state index contributed by atoms with van der Waals surface area (Å²) >= 11 is 0. The van der Waals surface area contributed by atoms with Crippen molar-refractivity contribution in [3.8, 4) is 17.2 Å². The molecule has 3 N–H and O–H groups in total. The Morgan fingerprint density at radius 3 is 2.51 bits per heavy atom. The van der Waals surface area contributed by atoms with Gasteiger partial charge in [-0.25, -0.2) is 9.97 Å². The summed E-state index contributed by atoms with van der Waals surface area (Å²) in [4.78, 5) is 13.0. The molecular weight excluding hydrogens is 487 g/mol. The minimum Gasteiger partial charge on any atom is -0.493 e. The van der Waals surface area contributed by atoms with Crippen LogP contribution in [0.5, 0.6) is 17.2 Å². The van der Waals surface area contributed by atoms with Crippen molar-refractivity contribution in [1.82, 2.24) is 15.0 Å². The SMILES string of the molecule is COc1cc2nc(C)nc(N[C@H](C)c3cc(N)cc(C(F)(F)F)c3)c2cc1OCCOc1cccnc1. The molecule has 0 saturated heterocycles. The Bertz CT molecular complexity index is 1380. The molecule has 8 nitrogen and oxygen atoms in total. The van der Waals surface area contributed by atoms with E-state index in [4.69, 9.17) is 19.9 Å². The molecule has 0 saturated carbocycles. The number of halogens is 3. The quantitative estimate of drug-likeness (QED) is 0.221. The maximum atomic E-state index is 13.3. The van der Waals surface area contributed by atoms with Crippen LogP contribution in [-0.2, 0) is 6.18 Å². The topological polar surface area (TPSA) is 104 Å². The number of nitrogens with one attached hydrogen (secondary N) is 1. The van der Waals surface area contributed by atoms with E-state index in [0.29, 0.717) is 45.4 Å². The van der Waals surface area contributed by atoms with E-state index in [1.807, 2.05) is 0 Å². The smallest absolute Gasteiger partial charge is 0.416 e. The van der Waals surface area contributed by atoms with E-state index in [0.717, 1.165) is 12.1 Å². The normalized spacial score (nSPS) is 12.3. The predicted molar refractivity (Wildman–Crippen MR) is 134 cm³/mol. The number of hydrogen-bond acceptors (Lipinski definition) is 8. The van der Waals surface area contributed by atoms with Gasteiger partial charge in [-0.05, 0) is 55.8 Å². The fourth-order valence-electron chi connectivity index (χ4n) is 3.76. The lowest BCUT2D eigenvalue weighted by molar-refractivity contribution is -0.137. The number of benzene rings is 2. The van der Waals surface area contributed by atoms with Gasteiger partial charge in [0.05, 0.1) is 30.4 Å². The molecule has 37 heavy (non-hydrogen) atoms. The third-order valence-electron chi connectivity index (χ3n) is 5.50. The molecule has 1 atom stereocenters. The molecule has 0 bridgehead atoms. The van der Waals surface area contributed by atoms with E-state index in [9.17, 15) is 13.2 Å². The fourth-order valence-corrected chi connectivity index (χ4v) is 3.76. The summed E-state index contributed by atoms with van der Waals surface area (Å²) in [6, 6.07) is 9.96. The van der Waals surface area contributed by atoms with Crippen molar-refractivity contribution in [2.24, 2.45) is 0 Å². The highest BCUT2D eigenvalue weighted by atomic mass is 19.4. The van der Waals surface area contributed by atoms with E-state index < -0.39 is 17.8 Å². The number of nitrogens with two attached hydrogens (primary N) is 1. The van der Waals surface area contributed by atoms with E-state index in [1.54, 1.807) is 50.5 Å². The number of ether oxygens (including phenoxy) is 3. The first-order chi connectivity index (χ1) is 17.6. The summed E-state index contributed by atoms with van der Waals surface area (Å²) in [6.07, 6.45) is -1.25. The monoisotopic (exact) mass is 513 g/mol. The third-order valence-corrected chi connectivity index (χ3v) is 5.50. The van der Waals surface area contributed by atoms with E-state index in [-0.39, 0.29) is 18.9 Å². The molecule has 4 aromatic rings. The molecule has 2 aromatic carbocycles. The summed E-state index contributed by atoms with van der Waals surface area (Å²) < 4.78 is 56.9. The zero-order valence-electron chi connectivity index (χ0n) is 20.5. The van der Waals surface area contributed by atoms with Crippen molar-refractivity contribution in [3.63, 3.8) is 0 Å². The zero-order chi connectivity index (χ0) is 26.6. The maximum Gasteiger partial charge on any atom is 0.416 e. The second-order valence-corrected chi connectivity index (χ2v) is 8.28. The average molecular weight is 514 g/mol. The third kappa shape index (κ3) is 6.29. The first kappa shape index (κ1) is 25.8. The molecule has 2 heterocycles. The average Bonchev–Trinajstić information content (AvgIpc) is 2.86. The number of rotatable bonds is 9. The lowest BCUT2D eigenvalue weighted by Gasteiger charge is -2.20. The summed E-state index contributed by atoms with van der Waals surface area (Å²) in [6.45, 7) is 3.96. The lowest BCUT2D eigenvalue weighted by atomic mass is 10.0. The number of nitrogens with zero attached hydrogens (tertiary/aromatic N) is 3.